The van der Waals surface area contributed by atoms with Crippen LogP contribution in [0.2, 0.25) is 0 Å². The Bertz CT molecular complexity index is 593. The van der Waals surface area contributed by atoms with Gasteiger partial charge in [-0.1, -0.05) is 0 Å². The summed E-state index contributed by atoms with van der Waals surface area (Å²) in [6.07, 6.45) is 9.99. The maximum atomic E-state index is 12.6. The van der Waals surface area contributed by atoms with E-state index in [0.717, 1.165) is 31.6 Å². The van der Waals surface area contributed by atoms with Gasteiger partial charge < -0.3 is 10.6 Å². The molecule has 1 aliphatic heterocycles. The van der Waals surface area contributed by atoms with Crippen molar-refractivity contribution in [2.24, 2.45) is 5.73 Å². The Hall–Kier alpha value is -2.21. The van der Waals surface area contributed by atoms with Crippen molar-refractivity contribution in [3.63, 3.8) is 0 Å². The van der Waals surface area contributed by atoms with E-state index in [1.165, 1.54) is 0 Å². The number of nitrogens with two attached hydrogens (primary N) is 1. The molecule has 21 heavy (non-hydrogen) atoms. The molecule has 0 saturated carbocycles. The first-order valence-corrected chi connectivity index (χ1v) is 7.25. The zero-order chi connectivity index (χ0) is 14.7. The molecule has 0 spiro atoms. The van der Waals surface area contributed by atoms with Crippen LogP contribution in [0.3, 0.4) is 0 Å². The van der Waals surface area contributed by atoms with Crippen molar-refractivity contribution in [3.05, 3.63) is 42.6 Å². The summed E-state index contributed by atoms with van der Waals surface area (Å²) in [7, 11) is 0. The third-order valence-corrected chi connectivity index (χ3v) is 3.92. The molecule has 1 saturated heterocycles. The number of imidazole rings is 1. The highest BCUT2D eigenvalue weighted by Gasteiger charge is 2.26. The number of hydrogen-bond acceptors (Lipinski definition) is 4. The van der Waals surface area contributed by atoms with Crippen LogP contribution >= 0.6 is 0 Å². The number of carbonyl (C=O) groups is 1. The number of aromatic nitrogens is 3. The average molecular weight is 285 g/mol. The lowest BCUT2D eigenvalue weighted by Gasteiger charge is -2.35. The fraction of sp³-hybridized carbons (Fsp3) is 0.400. The van der Waals surface area contributed by atoms with E-state index in [9.17, 15) is 4.79 Å². The van der Waals surface area contributed by atoms with Gasteiger partial charge in [0.15, 0.2) is 0 Å². The highest BCUT2D eigenvalue weighted by Crippen LogP contribution is 2.19. The monoisotopic (exact) mass is 285 g/mol. The standard InChI is InChI=1S/C15H19N5O/c16-9-13-3-1-2-7-20(13)15(21)12-4-5-14(18-10-12)19-8-6-17-11-19/h4-6,8,10-11,13H,1-3,7,9,16H2. The average Bonchev–Trinajstić information content (AvgIpc) is 3.09. The number of nitrogens with zero attached hydrogens (tertiary/aromatic N) is 4. The highest BCUT2D eigenvalue weighted by molar-refractivity contribution is 5.94. The van der Waals surface area contributed by atoms with Crippen LogP contribution in [-0.2, 0) is 0 Å². The van der Waals surface area contributed by atoms with Crippen molar-refractivity contribution in [1.29, 1.82) is 0 Å². The molecule has 3 heterocycles. The maximum absolute atomic E-state index is 12.6. The lowest BCUT2D eigenvalue weighted by molar-refractivity contribution is 0.0623. The summed E-state index contributed by atoms with van der Waals surface area (Å²) >= 11 is 0. The van der Waals surface area contributed by atoms with E-state index >= 15 is 0 Å². The molecule has 2 aromatic rings. The molecule has 0 bridgehead atoms. The van der Waals surface area contributed by atoms with Crippen LogP contribution in [0.5, 0.6) is 0 Å². The second-order valence-corrected chi connectivity index (χ2v) is 5.26. The van der Waals surface area contributed by atoms with Gasteiger partial charge in [-0.25, -0.2) is 9.97 Å². The lowest BCUT2D eigenvalue weighted by atomic mass is 10.0. The van der Waals surface area contributed by atoms with E-state index in [-0.39, 0.29) is 11.9 Å². The summed E-state index contributed by atoms with van der Waals surface area (Å²) in [5, 5.41) is 0. The van der Waals surface area contributed by atoms with Gasteiger partial charge in [-0.2, -0.15) is 0 Å². The fourth-order valence-electron chi connectivity index (χ4n) is 2.74. The number of hydrogen-bond donors (Lipinski definition) is 1. The van der Waals surface area contributed by atoms with Crippen molar-refractivity contribution in [1.82, 2.24) is 19.4 Å². The molecule has 6 nitrogen and oxygen atoms in total. The van der Waals surface area contributed by atoms with E-state index in [4.69, 9.17) is 5.73 Å². The van der Waals surface area contributed by atoms with Gasteiger partial charge >= 0.3 is 0 Å². The molecule has 1 unspecified atom stereocenters. The Labute approximate surface area is 123 Å². The second kappa shape index (κ2) is 6.05. The van der Waals surface area contributed by atoms with Gasteiger partial charge in [-0.15, -0.1) is 0 Å². The van der Waals surface area contributed by atoms with Crippen molar-refractivity contribution < 1.29 is 4.79 Å². The number of rotatable bonds is 3. The van der Waals surface area contributed by atoms with E-state index in [1.54, 1.807) is 23.3 Å². The Morgan fingerprint density at radius 1 is 1.38 bits per heavy atom. The van der Waals surface area contributed by atoms with Crippen molar-refractivity contribution in [3.8, 4) is 5.82 Å². The van der Waals surface area contributed by atoms with Gasteiger partial charge in [0.05, 0.1) is 5.56 Å². The Balaban J connectivity index is 1.78. The van der Waals surface area contributed by atoms with Gasteiger partial charge in [0.2, 0.25) is 0 Å². The quantitative estimate of drug-likeness (QED) is 0.920. The van der Waals surface area contributed by atoms with Crippen molar-refractivity contribution in [2.45, 2.75) is 25.3 Å². The third kappa shape index (κ3) is 2.80. The molecule has 2 aromatic heterocycles. The Kier molecular flexibility index (Phi) is 3.96. The molecule has 1 atom stereocenters. The molecular weight excluding hydrogens is 266 g/mol. The minimum absolute atomic E-state index is 0.0230. The van der Waals surface area contributed by atoms with Crippen LogP contribution in [0.25, 0.3) is 5.82 Å². The molecule has 1 aliphatic rings. The van der Waals surface area contributed by atoms with Crippen LogP contribution < -0.4 is 5.73 Å². The van der Waals surface area contributed by atoms with Crippen LogP contribution in [0.1, 0.15) is 29.6 Å². The smallest absolute Gasteiger partial charge is 0.255 e. The Morgan fingerprint density at radius 2 is 2.29 bits per heavy atom. The van der Waals surface area contributed by atoms with Crippen LogP contribution in [0.15, 0.2) is 37.1 Å². The summed E-state index contributed by atoms with van der Waals surface area (Å²) in [6, 6.07) is 3.79. The number of likely N-dealkylation sites (tertiary alicyclic amines) is 1. The number of piperidine rings is 1. The molecular formula is C15H19N5O. The fourth-order valence-corrected chi connectivity index (χ4v) is 2.74. The highest BCUT2D eigenvalue weighted by atomic mass is 16.2. The van der Waals surface area contributed by atoms with E-state index < -0.39 is 0 Å². The first-order valence-electron chi connectivity index (χ1n) is 7.25. The summed E-state index contributed by atoms with van der Waals surface area (Å²) in [4.78, 5) is 22.8. The first kappa shape index (κ1) is 13.8. The number of amides is 1. The van der Waals surface area contributed by atoms with Gasteiger partial charge in [0.25, 0.3) is 5.91 Å². The minimum Gasteiger partial charge on any atom is -0.334 e. The molecule has 6 heteroatoms. The van der Waals surface area contributed by atoms with Gasteiger partial charge in [-0.3, -0.25) is 9.36 Å². The first-order chi connectivity index (χ1) is 10.3. The van der Waals surface area contributed by atoms with E-state index in [1.807, 2.05) is 23.2 Å². The van der Waals surface area contributed by atoms with E-state index in [2.05, 4.69) is 9.97 Å². The minimum atomic E-state index is 0.0230. The lowest BCUT2D eigenvalue weighted by Crippen LogP contribution is -2.47. The van der Waals surface area contributed by atoms with E-state index in [0.29, 0.717) is 12.1 Å². The molecule has 0 radical (unpaired) electrons. The third-order valence-electron chi connectivity index (χ3n) is 3.92. The number of pyridine rings is 1. The van der Waals surface area contributed by atoms with Crippen molar-refractivity contribution >= 4 is 5.91 Å². The van der Waals surface area contributed by atoms with Gasteiger partial charge in [0.1, 0.15) is 12.1 Å². The predicted molar refractivity (Wildman–Crippen MR) is 79.1 cm³/mol. The van der Waals surface area contributed by atoms with Crippen LogP contribution in [-0.4, -0.2) is 44.5 Å². The van der Waals surface area contributed by atoms with Crippen molar-refractivity contribution in [2.75, 3.05) is 13.1 Å². The zero-order valence-corrected chi connectivity index (χ0v) is 11.9. The van der Waals surface area contributed by atoms with Gasteiger partial charge in [0, 0.05) is 37.7 Å². The van der Waals surface area contributed by atoms with Crippen LogP contribution in [0.4, 0.5) is 0 Å². The molecule has 110 valence electrons. The second-order valence-electron chi connectivity index (χ2n) is 5.26. The molecule has 0 aliphatic carbocycles. The summed E-state index contributed by atoms with van der Waals surface area (Å²) < 4.78 is 1.80. The molecule has 1 fully saturated rings. The van der Waals surface area contributed by atoms with Gasteiger partial charge in [-0.05, 0) is 31.4 Å². The molecule has 2 N–H and O–H groups in total. The summed E-state index contributed by atoms with van der Waals surface area (Å²) in [6.45, 7) is 1.30. The molecule has 1 amide bonds. The number of carbonyl (C=O) groups excluding carboxylic acids is 1. The summed E-state index contributed by atoms with van der Waals surface area (Å²) in [5.41, 5.74) is 6.39. The maximum Gasteiger partial charge on any atom is 0.255 e. The van der Waals surface area contributed by atoms with Crippen LogP contribution in [0, 0.1) is 0 Å². The SMILES string of the molecule is NCC1CCCCN1C(=O)c1ccc(-n2ccnc2)nc1. The largest absolute Gasteiger partial charge is 0.334 e. The topological polar surface area (TPSA) is 77.0 Å². The molecule has 0 aromatic carbocycles. The zero-order valence-electron chi connectivity index (χ0n) is 11.9. The molecule has 3 rings (SSSR count). The Morgan fingerprint density at radius 3 is 2.95 bits per heavy atom. The predicted octanol–water partition coefficient (Wildman–Crippen LogP) is 1.22. The summed E-state index contributed by atoms with van der Waals surface area (Å²) in [5.74, 6) is 0.771. The normalized spacial score (nSPS) is 18.7.